The van der Waals surface area contributed by atoms with E-state index in [0.717, 1.165) is 17.0 Å². The van der Waals surface area contributed by atoms with E-state index in [1.807, 2.05) is 44.2 Å². The van der Waals surface area contributed by atoms with Crippen LogP contribution in [0, 0.1) is 13.8 Å². The minimum atomic E-state index is -0.259. The van der Waals surface area contributed by atoms with Gasteiger partial charge in [-0.05, 0) is 37.6 Å². The number of benzene rings is 1. The molecule has 4 rings (SSSR count). The van der Waals surface area contributed by atoms with Crippen LogP contribution in [-0.2, 0) is 16.2 Å². The summed E-state index contributed by atoms with van der Waals surface area (Å²) in [7, 11) is 0. The molecule has 2 atom stereocenters. The van der Waals surface area contributed by atoms with Crippen LogP contribution in [0.3, 0.4) is 0 Å². The minimum absolute atomic E-state index is 0.0437. The Labute approximate surface area is 165 Å². The van der Waals surface area contributed by atoms with Crippen molar-refractivity contribution in [2.45, 2.75) is 31.7 Å². The van der Waals surface area contributed by atoms with Crippen LogP contribution in [0.4, 0.5) is 0 Å². The third kappa shape index (κ3) is 3.85. The molecule has 1 saturated heterocycles. The average Bonchev–Trinajstić information content (AvgIpc) is 3.28. The van der Waals surface area contributed by atoms with E-state index in [2.05, 4.69) is 26.1 Å². The van der Waals surface area contributed by atoms with E-state index >= 15 is 0 Å². The Balaban J connectivity index is 1.39. The summed E-state index contributed by atoms with van der Waals surface area (Å²) < 4.78 is 1.64. The summed E-state index contributed by atoms with van der Waals surface area (Å²) in [5.41, 5.74) is 8.16. The van der Waals surface area contributed by atoms with Gasteiger partial charge in [0.05, 0.1) is 5.69 Å². The van der Waals surface area contributed by atoms with Crippen LogP contribution in [0.1, 0.15) is 23.1 Å². The standard InChI is InChI=1S/C17H17ClN6O2S/c1-9-7-10(2)24(22-9)8-13(25)20-21-17-19-16-15(27-17)14(26-23-16)11-3-5-12(18)6-4-11/h3-7,14-15H,8H2,1-2H3,(H,20,25)(H,19,21,23). The van der Waals surface area contributed by atoms with Crippen LogP contribution in [0.2, 0.25) is 5.02 Å². The number of fused-ring (bicyclic) bond motifs is 1. The lowest BCUT2D eigenvalue weighted by molar-refractivity contribution is -0.121. The van der Waals surface area contributed by atoms with Gasteiger partial charge in [0.25, 0.3) is 5.91 Å². The van der Waals surface area contributed by atoms with E-state index in [1.54, 1.807) is 4.68 Å². The fraction of sp³-hybridized carbons (Fsp3) is 0.294. The van der Waals surface area contributed by atoms with E-state index in [1.165, 1.54) is 11.8 Å². The summed E-state index contributed by atoms with van der Waals surface area (Å²) in [5, 5.41) is 9.49. The zero-order chi connectivity index (χ0) is 19.0. The van der Waals surface area contributed by atoms with E-state index < -0.39 is 0 Å². The molecule has 2 unspecified atom stereocenters. The molecule has 8 nitrogen and oxygen atoms in total. The predicted molar refractivity (Wildman–Crippen MR) is 105 cm³/mol. The molecule has 2 aromatic rings. The van der Waals surface area contributed by atoms with Crippen molar-refractivity contribution in [3.05, 3.63) is 52.3 Å². The highest BCUT2D eigenvalue weighted by Crippen LogP contribution is 2.38. The van der Waals surface area contributed by atoms with Gasteiger partial charge in [-0.15, -0.1) is 5.10 Å². The molecule has 0 spiro atoms. The molecular weight excluding hydrogens is 388 g/mol. The number of aromatic nitrogens is 2. The number of nitrogens with zero attached hydrogens (tertiary/aromatic N) is 4. The first-order valence-electron chi connectivity index (χ1n) is 8.29. The Morgan fingerprint density at radius 3 is 2.89 bits per heavy atom. The maximum absolute atomic E-state index is 12.1. The van der Waals surface area contributed by atoms with Crippen LogP contribution in [-0.4, -0.2) is 31.9 Å². The van der Waals surface area contributed by atoms with Crippen molar-refractivity contribution < 1.29 is 9.63 Å². The van der Waals surface area contributed by atoms with Crippen molar-refractivity contribution in [3.63, 3.8) is 0 Å². The maximum Gasteiger partial charge on any atom is 0.261 e. The first kappa shape index (κ1) is 18.0. The number of hydroxylamine groups is 1. The van der Waals surface area contributed by atoms with Gasteiger partial charge in [-0.2, -0.15) is 5.10 Å². The lowest BCUT2D eigenvalue weighted by Crippen LogP contribution is -2.25. The van der Waals surface area contributed by atoms with Gasteiger partial charge in [0.15, 0.2) is 0 Å². The third-order valence-corrected chi connectivity index (χ3v) is 5.52. The molecule has 0 aliphatic carbocycles. The molecule has 2 aliphatic heterocycles. The first-order chi connectivity index (χ1) is 13.0. The lowest BCUT2D eigenvalue weighted by atomic mass is 10.1. The topological polar surface area (TPSA) is 92.9 Å². The van der Waals surface area contributed by atoms with Crippen LogP contribution >= 0.6 is 23.4 Å². The molecule has 0 saturated carbocycles. The van der Waals surface area contributed by atoms with E-state index in [-0.39, 0.29) is 23.8 Å². The van der Waals surface area contributed by atoms with Crippen LogP contribution in [0.15, 0.2) is 40.4 Å². The number of carbonyl (C=O) groups is 1. The minimum Gasteiger partial charge on any atom is -0.271 e. The van der Waals surface area contributed by atoms with Gasteiger partial charge < -0.3 is 0 Å². The van der Waals surface area contributed by atoms with Crippen molar-refractivity contribution >= 4 is 40.3 Å². The number of hydrogen-bond donors (Lipinski definition) is 2. The molecular formula is C17H17ClN6O2S. The van der Waals surface area contributed by atoms with E-state index in [4.69, 9.17) is 16.4 Å². The number of amides is 1. The number of carbonyl (C=O) groups excluding carboxylic acids is 1. The fourth-order valence-corrected chi connectivity index (χ4v) is 4.05. The number of hydrogen-bond acceptors (Lipinski definition) is 6. The van der Waals surface area contributed by atoms with E-state index in [9.17, 15) is 4.79 Å². The summed E-state index contributed by atoms with van der Waals surface area (Å²) in [5.74, 6) is 0.427. The van der Waals surface area contributed by atoms with E-state index in [0.29, 0.717) is 16.0 Å². The number of aliphatic imine (C=N–C) groups is 1. The molecule has 0 radical (unpaired) electrons. The molecule has 27 heavy (non-hydrogen) atoms. The molecule has 140 valence electrons. The van der Waals surface area contributed by atoms with Gasteiger partial charge in [0.1, 0.15) is 23.7 Å². The summed E-state index contributed by atoms with van der Waals surface area (Å²) in [4.78, 5) is 22.1. The Morgan fingerprint density at radius 1 is 1.41 bits per heavy atom. The largest absolute Gasteiger partial charge is 0.271 e. The zero-order valence-electron chi connectivity index (χ0n) is 14.6. The SMILES string of the molecule is Cc1cc(C)n(CC(=O)N/N=C2/N=C3NOC(c4ccc(Cl)cc4)C3S2)n1. The molecule has 1 fully saturated rings. The number of thioether (sulfide) groups is 1. The quantitative estimate of drug-likeness (QED) is 0.763. The van der Waals surface area contributed by atoms with Crippen molar-refractivity contribution in [1.82, 2.24) is 20.7 Å². The zero-order valence-corrected chi connectivity index (χ0v) is 16.2. The second-order valence-electron chi connectivity index (χ2n) is 6.24. The number of hydrazone groups is 1. The molecule has 2 aliphatic rings. The van der Waals surface area contributed by atoms with Crippen LogP contribution in [0.25, 0.3) is 0 Å². The fourth-order valence-electron chi connectivity index (χ4n) is 2.90. The summed E-state index contributed by atoms with van der Waals surface area (Å²) in [6.45, 7) is 3.90. The number of rotatable bonds is 4. The number of halogens is 1. The lowest BCUT2D eigenvalue weighted by Gasteiger charge is -2.13. The highest BCUT2D eigenvalue weighted by Gasteiger charge is 2.41. The third-order valence-electron chi connectivity index (χ3n) is 4.15. The van der Waals surface area contributed by atoms with Gasteiger partial charge in [0, 0.05) is 10.7 Å². The van der Waals surface area contributed by atoms with Crippen molar-refractivity contribution in [2.24, 2.45) is 10.1 Å². The summed E-state index contributed by atoms with van der Waals surface area (Å²) in [6, 6.07) is 9.40. The average molecular weight is 405 g/mol. The smallest absolute Gasteiger partial charge is 0.261 e. The second-order valence-corrected chi connectivity index (χ2v) is 7.79. The van der Waals surface area contributed by atoms with Crippen molar-refractivity contribution in [3.8, 4) is 0 Å². The van der Waals surface area contributed by atoms with Crippen molar-refractivity contribution in [2.75, 3.05) is 0 Å². The normalized spacial score (nSPS) is 22.5. The van der Waals surface area contributed by atoms with Gasteiger partial charge in [-0.3, -0.25) is 19.8 Å². The molecule has 3 heterocycles. The Kier molecular flexibility index (Phi) is 4.90. The molecule has 2 N–H and O–H groups in total. The Hall–Kier alpha value is -2.36. The predicted octanol–water partition coefficient (Wildman–Crippen LogP) is 2.33. The van der Waals surface area contributed by atoms with Crippen LogP contribution in [0.5, 0.6) is 0 Å². The van der Waals surface area contributed by atoms with Gasteiger partial charge in [-0.1, -0.05) is 35.5 Å². The molecule has 1 aromatic carbocycles. The summed E-state index contributed by atoms with van der Waals surface area (Å²) >= 11 is 7.37. The number of aryl methyl sites for hydroxylation is 2. The molecule has 0 bridgehead atoms. The van der Waals surface area contributed by atoms with Gasteiger partial charge in [0.2, 0.25) is 5.17 Å². The molecule has 1 amide bonds. The van der Waals surface area contributed by atoms with Crippen LogP contribution < -0.4 is 10.9 Å². The monoisotopic (exact) mass is 404 g/mol. The highest BCUT2D eigenvalue weighted by atomic mass is 35.5. The molecule has 10 heteroatoms. The highest BCUT2D eigenvalue weighted by molar-refractivity contribution is 8.15. The van der Waals surface area contributed by atoms with Gasteiger partial charge >= 0.3 is 0 Å². The maximum atomic E-state index is 12.1. The number of amidine groups is 2. The summed E-state index contributed by atoms with van der Waals surface area (Å²) in [6.07, 6.45) is -0.205. The van der Waals surface area contributed by atoms with Gasteiger partial charge in [-0.25, -0.2) is 10.4 Å². The number of nitrogens with one attached hydrogen (secondary N) is 2. The Bertz CT molecular complexity index is 939. The first-order valence-corrected chi connectivity index (χ1v) is 9.55. The van der Waals surface area contributed by atoms with Crippen molar-refractivity contribution in [1.29, 1.82) is 0 Å². The molecule has 1 aromatic heterocycles. The Morgan fingerprint density at radius 2 is 2.19 bits per heavy atom. The second kappa shape index (κ2) is 7.34.